The van der Waals surface area contributed by atoms with E-state index in [9.17, 15) is 0 Å². The minimum atomic E-state index is 0.418. The summed E-state index contributed by atoms with van der Waals surface area (Å²) in [6.45, 7) is 1.10. The van der Waals surface area contributed by atoms with Crippen molar-refractivity contribution in [3.63, 3.8) is 0 Å². The molecule has 0 bridgehead atoms. The van der Waals surface area contributed by atoms with Crippen LogP contribution in [-0.4, -0.2) is 15.9 Å². The summed E-state index contributed by atoms with van der Waals surface area (Å²) in [7, 11) is 0. The van der Waals surface area contributed by atoms with E-state index in [0.29, 0.717) is 6.04 Å². The highest BCUT2D eigenvalue weighted by Crippen LogP contribution is 2.24. The number of pyridine rings is 1. The van der Waals surface area contributed by atoms with Crippen molar-refractivity contribution >= 4 is 21.4 Å². The van der Waals surface area contributed by atoms with E-state index in [0.717, 1.165) is 22.4 Å². The maximum Gasteiger partial charge on any atom is 0.130 e. The molecule has 2 aromatic rings. The summed E-state index contributed by atoms with van der Waals surface area (Å²) in [5, 5.41) is 3.47. The number of aromatic nitrogens is 2. The molecule has 0 saturated carbocycles. The van der Waals surface area contributed by atoms with Gasteiger partial charge >= 0.3 is 0 Å². The number of fused-ring (bicyclic) bond motifs is 1. The molecule has 1 N–H and O–H groups in total. The molecule has 0 amide bonds. The molecular formula is C11H12BrN3. The molecule has 1 saturated heterocycles. The van der Waals surface area contributed by atoms with Crippen molar-refractivity contribution in [1.82, 2.24) is 14.7 Å². The van der Waals surface area contributed by atoms with E-state index in [1.807, 2.05) is 12.3 Å². The van der Waals surface area contributed by atoms with E-state index in [2.05, 4.69) is 42.9 Å². The monoisotopic (exact) mass is 265 g/mol. The van der Waals surface area contributed by atoms with Crippen LogP contribution in [0.4, 0.5) is 0 Å². The van der Waals surface area contributed by atoms with Crippen molar-refractivity contribution < 1.29 is 0 Å². The van der Waals surface area contributed by atoms with E-state index in [1.165, 1.54) is 12.8 Å². The summed E-state index contributed by atoms with van der Waals surface area (Å²) in [5.74, 6) is 1.13. The third-order valence-electron chi connectivity index (χ3n) is 2.89. The van der Waals surface area contributed by atoms with Crippen LogP contribution in [0.2, 0.25) is 0 Å². The number of hydrogen-bond donors (Lipinski definition) is 1. The second-order valence-corrected chi connectivity index (χ2v) is 4.82. The molecule has 1 aliphatic rings. The second-order valence-electron chi connectivity index (χ2n) is 3.91. The summed E-state index contributed by atoms with van der Waals surface area (Å²) in [4.78, 5) is 4.50. The van der Waals surface area contributed by atoms with Crippen LogP contribution in [0, 0.1) is 0 Å². The molecule has 3 nitrogen and oxygen atoms in total. The van der Waals surface area contributed by atoms with Crippen LogP contribution in [0.15, 0.2) is 29.0 Å². The van der Waals surface area contributed by atoms with Crippen molar-refractivity contribution in [2.45, 2.75) is 18.9 Å². The van der Waals surface area contributed by atoms with Crippen LogP contribution >= 0.6 is 15.9 Å². The van der Waals surface area contributed by atoms with Crippen LogP contribution in [0.3, 0.4) is 0 Å². The quantitative estimate of drug-likeness (QED) is 0.859. The first-order valence-electron chi connectivity index (χ1n) is 5.20. The Kier molecular flexibility index (Phi) is 2.25. The van der Waals surface area contributed by atoms with Crippen LogP contribution in [0.25, 0.3) is 5.52 Å². The van der Waals surface area contributed by atoms with Crippen molar-refractivity contribution in [1.29, 1.82) is 0 Å². The Balaban J connectivity index is 2.13. The molecule has 3 rings (SSSR count). The Labute approximate surface area is 96.6 Å². The number of imidazole rings is 1. The molecule has 15 heavy (non-hydrogen) atoms. The van der Waals surface area contributed by atoms with Gasteiger partial charge in [-0.05, 0) is 47.4 Å². The third kappa shape index (κ3) is 1.58. The zero-order valence-corrected chi connectivity index (χ0v) is 9.87. The summed E-state index contributed by atoms with van der Waals surface area (Å²) >= 11 is 3.49. The lowest BCUT2D eigenvalue weighted by Gasteiger charge is -2.08. The van der Waals surface area contributed by atoms with Crippen LogP contribution in [-0.2, 0) is 0 Å². The van der Waals surface area contributed by atoms with Gasteiger partial charge in [-0.3, -0.25) is 0 Å². The number of nitrogens with zero attached hydrogens (tertiary/aromatic N) is 2. The topological polar surface area (TPSA) is 29.3 Å². The molecule has 0 aliphatic carbocycles. The Morgan fingerprint density at radius 1 is 1.47 bits per heavy atom. The van der Waals surface area contributed by atoms with Gasteiger partial charge in [-0.1, -0.05) is 0 Å². The Morgan fingerprint density at radius 2 is 2.40 bits per heavy atom. The van der Waals surface area contributed by atoms with Gasteiger partial charge in [0.05, 0.1) is 17.8 Å². The average Bonchev–Trinajstić information content (AvgIpc) is 2.83. The standard InChI is InChI=1S/C11H12BrN3/c12-8-3-4-9-6-14-11(15(9)7-8)10-2-1-5-13-10/h3-4,6-7,10,13H,1-2,5H2. The van der Waals surface area contributed by atoms with Gasteiger partial charge in [0.2, 0.25) is 0 Å². The minimum absolute atomic E-state index is 0.418. The number of nitrogens with one attached hydrogen (secondary N) is 1. The molecule has 3 heterocycles. The molecule has 4 heteroatoms. The number of halogens is 1. The summed E-state index contributed by atoms with van der Waals surface area (Å²) < 4.78 is 3.25. The van der Waals surface area contributed by atoms with Crippen molar-refractivity contribution in [2.24, 2.45) is 0 Å². The van der Waals surface area contributed by atoms with E-state index >= 15 is 0 Å². The Morgan fingerprint density at radius 3 is 3.20 bits per heavy atom. The summed E-state index contributed by atoms with van der Waals surface area (Å²) in [5.41, 5.74) is 1.15. The molecule has 2 aromatic heterocycles. The molecule has 0 spiro atoms. The zero-order chi connectivity index (χ0) is 10.3. The SMILES string of the molecule is Brc1ccc2cnc(C3CCCN3)n2c1. The maximum atomic E-state index is 4.50. The van der Waals surface area contributed by atoms with Crippen molar-refractivity contribution in [3.05, 3.63) is 34.8 Å². The second kappa shape index (κ2) is 3.61. The summed E-state index contributed by atoms with van der Waals surface area (Å²) in [6, 6.07) is 4.54. The van der Waals surface area contributed by atoms with Crippen molar-refractivity contribution in [3.8, 4) is 0 Å². The number of hydrogen-bond acceptors (Lipinski definition) is 2. The lowest BCUT2D eigenvalue weighted by atomic mass is 10.2. The van der Waals surface area contributed by atoms with Gasteiger partial charge in [0.15, 0.2) is 0 Å². The highest BCUT2D eigenvalue weighted by molar-refractivity contribution is 9.10. The van der Waals surface area contributed by atoms with Crippen LogP contribution in [0.1, 0.15) is 24.7 Å². The van der Waals surface area contributed by atoms with Gasteiger partial charge in [-0.2, -0.15) is 0 Å². The first-order chi connectivity index (χ1) is 7.34. The van der Waals surface area contributed by atoms with Gasteiger partial charge in [0, 0.05) is 10.7 Å². The van der Waals surface area contributed by atoms with Crippen LogP contribution < -0.4 is 5.32 Å². The highest BCUT2D eigenvalue weighted by Gasteiger charge is 2.20. The van der Waals surface area contributed by atoms with E-state index < -0.39 is 0 Å². The predicted molar refractivity (Wildman–Crippen MR) is 62.9 cm³/mol. The predicted octanol–water partition coefficient (Wildman–Crippen LogP) is 2.52. The molecule has 1 unspecified atom stereocenters. The van der Waals surface area contributed by atoms with Gasteiger partial charge in [-0.15, -0.1) is 0 Å². The van der Waals surface area contributed by atoms with Crippen molar-refractivity contribution in [2.75, 3.05) is 6.54 Å². The average molecular weight is 266 g/mol. The van der Waals surface area contributed by atoms with E-state index in [-0.39, 0.29) is 0 Å². The third-order valence-corrected chi connectivity index (χ3v) is 3.36. The summed E-state index contributed by atoms with van der Waals surface area (Å²) in [6.07, 6.45) is 6.44. The lowest BCUT2D eigenvalue weighted by Crippen LogP contribution is -2.15. The van der Waals surface area contributed by atoms with Crippen LogP contribution in [0.5, 0.6) is 0 Å². The fourth-order valence-corrected chi connectivity index (χ4v) is 2.48. The van der Waals surface area contributed by atoms with E-state index in [4.69, 9.17) is 0 Å². The largest absolute Gasteiger partial charge is 0.307 e. The fraction of sp³-hybridized carbons (Fsp3) is 0.364. The van der Waals surface area contributed by atoms with E-state index in [1.54, 1.807) is 0 Å². The van der Waals surface area contributed by atoms with Gasteiger partial charge in [0.25, 0.3) is 0 Å². The molecule has 1 atom stereocenters. The first kappa shape index (κ1) is 9.36. The molecule has 78 valence electrons. The smallest absolute Gasteiger partial charge is 0.130 e. The molecular weight excluding hydrogens is 254 g/mol. The molecule has 0 aromatic carbocycles. The highest BCUT2D eigenvalue weighted by atomic mass is 79.9. The van der Waals surface area contributed by atoms with Gasteiger partial charge < -0.3 is 9.72 Å². The molecule has 0 radical (unpaired) electrons. The Bertz CT molecular complexity index is 486. The van der Waals surface area contributed by atoms with Gasteiger partial charge in [0.1, 0.15) is 5.82 Å². The molecule has 1 fully saturated rings. The van der Waals surface area contributed by atoms with Gasteiger partial charge in [-0.25, -0.2) is 4.98 Å². The first-order valence-corrected chi connectivity index (χ1v) is 6.00. The maximum absolute atomic E-state index is 4.50. The Hall–Kier alpha value is -0.870. The normalized spacial score (nSPS) is 21.3. The number of rotatable bonds is 1. The minimum Gasteiger partial charge on any atom is -0.307 e. The molecule has 1 aliphatic heterocycles. The fourth-order valence-electron chi connectivity index (χ4n) is 2.15. The lowest BCUT2D eigenvalue weighted by molar-refractivity contribution is 0.602. The zero-order valence-electron chi connectivity index (χ0n) is 8.28.